The minimum absolute atomic E-state index is 0.0631. The fourth-order valence-electron chi connectivity index (χ4n) is 2.19. The molecule has 7 nitrogen and oxygen atoms in total. The van der Waals surface area contributed by atoms with Crippen molar-refractivity contribution < 1.29 is 34.7 Å². The smallest absolute Gasteiger partial charge is 0.186 e. The van der Waals surface area contributed by atoms with Crippen LogP contribution in [0.1, 0.15) is 39.0 Å². The van der Waals surface area contributed by atoms with Gasteiger partial charge in [0.15, 0.2) is 6.29 Å². The van der Waals surface area contributed by atoms with Crippen molar-refractivity contribution in [1.29, 1.82) is 0 Å². The molecule has 0 amide bonds. The summed E-state index contributed by atoms with van der Waals surface area (Å²) >= 11 is 0. The Balaban J connectivity index is 2.32. The van der Waals surface area contributed by atoms with Crippen LogP contribution in [0, 0.1) is 0 Å². The van der Waals surface area contributed by atoms with E-state index in [0.717, 1.165) is 19.3 Å². The number of hydrogen-bond acceptors (Lipinski definition) is 7. The number of aliphatic hydroxyl groups excluding tert-OH is 4. The lowest BCUT2D eigenvalue weighted by Gasteiger charge is -2.39. The molecule has 4 N–H and O–H groups in total. The Morgan fingerprint density at radius 2 is 1.81 bits per heavy atom. The summed E-state index contributed by atoms with van der Waals surface area (Å²) < 4.78 is 10.4. The van der Waals surface area contributed by atoms with Crippen molar-refractivity contribution in [2.75, 3.05) is 13.2 Å². The summed E-state index contributed by atoms with van der Waals surface area (Å²) in [6.07, 6.45) is -2.80. The van der Waals surface area contributed by atoms with Gasteiger partial charge in [0.2, 0.25) is 0 Å². The first-order valence-electron chi connectivity index (χ1n) is 7.45. The lowest BCUT2D eigenvalue weighted by atomic mass is 9.99. The van der Waals surface area contributed by atoms with E-state index in [-0.39, 0.29) is 18.8 Å². The highest BCUT2D eigenvalue weighted by Crippen LogP contribution is 2.22. The molecule has 124 valence electrons. The van der Waals surface area contributed by atoms with Gasteiger partial charge < -0.3 is 29.9 Å². The summed E-state index contributed by atoms with van der Waals surface area (Å²) in [5.74, 6) is 0.0769. The molecule has 1 aliphatic heterocycles. The van der Waals surface area contributed by atoms with Gasteiger partial charge in [0.05, 0.1) is 13.2 Å². The van der Waals surface area contributed by atoms with E-state index >= 15 is 0 Å². The molecular weight excluding hydrogens is 280 g/mol. The Labute approximate surface area is 124 Å². The second-order valence-corrected chi connectivity index (χ2v) is 5.31. The van der Waals surface area contributed by atoms with Gasteiger partial charge in [-0.25, -0.2) is 0 Å². The number of rotatable bonds is 9. The molecule has 1 rings (SSSR count). The van der Waals surface area contributed by atoms with Crippen molar-refractivity contribution in [1.82, 2.24) is 0 Å². The van der Waals surface area contributed by atoms with Crippen molar-refractivity contribution in [3.05, 3.63) is 0 Å². The highest BCUT2D eigenvalue weighted by Gasteiger charge is 2.43. The standard InChI is InChI=1S/C14H26O7/c1-2-3-4-5-9(16)6-7-20-14-13(19)12(18)11(17)10(8-15)21-14/h10-15,17-19H,2-8H2,1H3/t10-,11-,12+,13-,14-/m1/s1. The molecule has 0 unspecified atom stereocenters. The number of Topliss-reactive ketones (excluding diaryl/α,β-unsaturated/α-hetero) is 1. The fraction of sp³-hybridized carbons (Fsp3) is 0.929. The van der Waals surface area contributed by atoms with E-state index in [1.807, 2.05) is 0 Å². The molecule has 0 aliphatic carbocycles. The molecule has 0 aromatic rings. The summed E-state index contributed by atoms with van der Waals surface area (Å²) in [5.41, 5.74) is 0. The number of ketones is 1. The quantitative estimate of drug-likeness (QED) is 0.418. The number of carbonyl (C=O) groups is 1. The highest BCUT2D eigenvalue weighted by molar-refractivity contribution is 5.78. The molecule has 7 heteroatoms. The highest BCUT2D eigenvalue weighted by atomic mass is 16.7. The third-order valence-corrected chi connectivity index (χ3v) is 3.57. The van der Waals surface area contributed by atoms with E-state index < -0.39 is 37.3 Å². The first-order chi connectivity index (χ1) is 10.0. The van der Waals surface area contributed by atoms with Crippen LogP contribution >= 0.6 is 0 Å². The first-order valence-corrected chi connectivity index (χ1v) is 7.45. The molecule has 1 heterocycles. The molecule has 0 saturated carbocycles. The minimum atomic E-state index is -1.46. The SMILES string of the molecule is CCCCCC(=O)CCO[C@@H]1O[C@H](CO)[C@@H](O)[C@H](O)[C@H]1O. The summed E-state index contributed by atoms with van der Waals surface area (Å²) in [6.45, 7) is 1.63. The van der Waals surface area contributed by atoms with Crippen LogP contribution in [0.5, 0.6) is 0 Å². The maximum Gasteiger partial charge on any atom is 0.186 e. The van der Waals surface area contributed by atoms with Gasteiger partial charge >= 0.3 is 0 Å². The van der Waals surface area contributed by atoms with Crippen LogP contribution in [-0.4, -0.2) is 70.1 Å². The zero-order valence-electron chi connectivity index (χ0n) is 12.4. The lowest BCUT2D eigenvalue weighted by Crippen LogP contribution is -2.59. The van der Waals surface area contributed by atoms with Crippen LogP contribution in [0.3, 0.4) is 0 Å². The molecule has 5 atom stereocenters. The predicted octanol–water partition coefficient (Wildman–Crippen LogP) is -0.658. The van der Waals surface area contributed by atoms with Crippen LogP contribution in [0.25, 0.3) is 0 Å². The number of unbranched alkanes of at least 4 members (excludes halogenated alkanes) is 2. The molecule has 21 heavy (non-hydrogen) atoms. The van der Waals surface area contributed by atoms with Gasteiger partial charge in [-0.3, -0.25) is 4.79 Å². The summed E-state index contributed by atoms with van der Waals surface area (Å²) in [6, 6.07) is 0. The van der Waals surface area contributed by atoms with Gasteiger partial charge in [-0.15, -0.1) is 0 Å². The molecule has 1 saturated heterocycles. The molecule has 0 spiro atoms. The van der Waals surface area contributed by atoms with Crippen LogP contribution in [-0.2, 0) is 14.3 Å². The number of aliphatic hydroxyl groups is 4. The molecule has 1 fully saturated rings. The van der Waals surface area contributed by atoms with Crippen molar-refractivity contribution in [2.45, 2.75) is 69.7 Å². The minimum Gasteiger partial charge on any atom is -0.394 e. The Morgan fingerprint density at radius 3 is 2.43 bits per heavy atom. The van der Waals surface area contributed by atoms with E-state index in [0.29, 0.717) is 6.42 Å². The van der Waals surface area contributed by atoms with Gasteiger partial charge in [-0.05, 0) is 6.42 Å². The maximum atomic E-state index is 11.6. The molecular formula is C14H26O7. The van der Waals surface area contributed by atoms with Gasteiger partial charge in [-0.2, -0.15) is 0 Å². The Bertz CT molecular complexity index is 308. The number of carbonyl (C=O) groups excluding carboxylic acids is 1. The summed E-state index contributed by atoms with van der Waals surface area (Å²) in [7, 11) is 0. The van der Waals surface area contributed by atoms with Crippen LogP contribution in [0.2, 0.25) is 0 Å². The maximum absolute atomic E-state index is 11.6. The van der Waals surface area contributed by atoms with E-state index in [1.54, 1.807) is 0 Å². The third kappa shape index (κ3) is 5.61. The largest absolute Gasteiger partial charge is 0.394 e. The van der Waals surface area contributed by atoms with Crippen molar-refractivity contribution in [3.8, 4) is 0 Å². The molecule has 0 radical (unpaired) electrons. The van der Waals surface area contributed by atoms with Crippen molar-refractivity contribution in [3.63, 3.8) is 0 Å². The van der Waals surface area contributed by atoms with Gasteiger partial charge in [0.25, 0.3) is 0 Å². The Morgan fingerprint density at radius 1 is 1.10 bits per heavy atom. The van der Waals surface area contributed by atoms with Crippen LogP contribution in [0.15, 0.2) is 0 Å². The van der Waals surface area contributed by atoms with Crippen LogP contribution in [0.4, 0.5) is 0 Å². The molecule has 0 bridgehead atoms. The molecule has 0 aromatic heterocycles. The van der Waals surface area contributed by atoms with Gasteiger partial charge in [-0.1, -0.05) is 19.8 Å². The van der Waals surface area contributed by atoms with E-state index in [2.05, 4.69) is 6.92 Å². The topological polar surface area (TPSA) is 116 Å². The fourth-order valence-corrected chi connectivity index (χ4v) is 2.19. The third-order valence-electron chi connectivity index (χ3n) is 3.57. The van der Waals surface area contributed by atoms with E-state index in [1.165, 1.54) is 0 Å². The number of hydrogen-bond donors (Lipinski definition) is 4. The van der Waals surface area contributed by atoms with E-state index in [9.17, 15) is 20.1 Å². The zero-order chi connectivity index (χ0) is 15.8. The van der Waals surface area contributed by atoms with Crippen LogP contribution < -0.4 is 0 Å². The Hall–Kier alpha value is -0.570. The summed E-state index contributed by atoms with van der Waals surface area (Å²) in [4.78, 5) is 11.6. The Kier molecular flexibility index (Phi) is 8.31. The second kappa shape index (κ2) is 9.45. The average molecular weight is 306 g/mol. The lowest BCUT2D eigenvalue weighted by molar-refractivity contribution is -0.300. The predicted molar refractivity (Wildman–Crippen MR) is 73.5 cm³/mol. The van der Waals surface area contributed by atoms with Crippen molar-refractivity contribution >= 4 is 5.78 Å². The average Bonchev–Trinajstić information content (AvgIpc) is 2.47. The second-order valence-electron chi connectivity index (χ2n) is 5.31. The molecule has 1 aliphatic rings. The monoisotopic (exact) mass is 306 g/mol. The first kappa shape index (κ1) is 18.5. The normalized spacial score (nSPS) is 33.1. The molecule has 0 aromatic carbocycles. The van der Waals surface area contributed by atoms with Gasteiger partial charge in [0, 0.05) is 12.8 Å². The van der Waals surface area contributed by atoms with Gasteiger partial charge in [0.1, 0.15) is 30.2 Å². The summed E-state index contributed by atoms with van der Waals surface area (Å²) in [5, 5.41) is 38.0. The zero-order valence-corrected chi connectivity index (χ0v) is 12.4. The number of ether oxygens (including phenoxy) is 2. The van der Waals surface area contributed by atoms with E-state index in [4.69, 9.17) is 14.6 Å². The van der Waals surface area contributed by atoms with Crippen molar-refractivity contribution in [2.24, 2.45) is 0 Å².